The van der Waals surface area contributed by atoms with Crippen LogP contribution in [0.2, 0.25) is 0 Å². The molecule has 2 rings (SSSR count). The number of nitrogens with one attached hydrogen (secondary N) is 1. The molecule has 0 bridgehead atoms. The highest BCUT2D eigenvalue weighted by molar-refractivity contribution is 9.10. The first kappa shape index (κ1) is 13.8. The second kappa shape index (κ2) is 6.55. The van der Waals surface area contributed by atoms with Crippen LogP contribution in [0, 0.1) is 0 Å². The highest BCUT2D eigenvalue weighted by Gasteiger charge is 2.19. The second-order valence-electron chi connectivity index (χ2n) is 4.88. The highest BCUT2D eigenvalue weighted by Crippen LogP contribution is 2.30. The van der Waals surface area contributed by atoms with Gasteiger partial charge in [-0.2, -0.15) is 0 Å². The van der Waals surface area contributed by atoms with Gasteiger partial charge in [0.2, 0.25) is 0 Å². The summed E-state index contributed by atoms with van der Waals surface area (Å²) in [4.78, 5) is 0. The molecule has 1 heterocycles. The maximum absolute atomic E-state index is 6.33. The molecule has 0 spiro atoms. The van der Waals surface area contributed by atoms with Gasteiger partial charge >= 0.3 is 0 Å². The lowest BCUT2D eigenvalue weighted by molar-refractivity contribution is 0.354. The van der Waals surface area contributed by atoms with E-state index < -0.39 is 0 Å². The number of rotatable bonds is 4. The molecule has 3 nitrogen and oxygen atoms in total. The Kier molecular flexibility index (Phi) is 5.03. The Balaban J connectivity index is 2.07. The zero-order valence-electron chi connectivity index (χ0n) is 10.8. The molecule has 0 radical (unpaired) electrons. The summed E-state index contributed by atoms with van der Waals surface area (Å²) in [5, 5.41) is 3.54. The molecular formula is C14H21BrN2O. The molecule has 1 aromatic rings. The third-order valence-electron chi connectivity index (χ3n) is 3.54. The van der Waals surface area contributed by atoms with Crippen molar-refractivity contribution in [1.29, 1.82) is 0 Å². The lowest BCUT2D eigenvalue weighted by Crippen LogP contribution is -2.36. The molecule has 1 saturated heterocycles. The molecule has 100 valence electrons. The predicted molar refractivity (Wildman–Crippen MR) is 77.9 cm³/mol. The van der Waals surface area contributed by atoms with E-state index in [0.717, 1.165) is 28.8 Å². The minimum atomic E-state index is 0.0213. The number of benzene rings is 1. The topological polar surface area (TPSA) is 47.3 Å². The summed E-state index contributed by atoms with van der Waals surface area (Å²) in [6.07, 6.45) is 4.78. The summed E-state index contributed by atoms with van der Waals surface area (Å²) in [6, 6.07) is 6.57. The van der Waals surface area contributed by atoms with Crippen LogP contribution in [0.15, 0.2) is 22.7 Å². The molecule has 2 atom stereocenters. The van der Waals surface area contributed by atoms with E-state index in [-0.39, 0.29) is 6.04 Å². The first-order valence-corrected chi connectivity index (χ1v) is 7.32. The summed E-state index contributed by atoms with van der Waals surface area (Å²) in [7, 11) is 1.69. The van der Waals surface area contributed by atoms with Gasteiger partial charge in [-0.15, -0.1) is 0 Å². The van der Waals surface area contributed by atoms with Gasteiger partial charge in [0.05, 0.1) is 7.11 Å². The van der Waals surface area contributed by atoms with Crippen LogP contribution in [0.1, 0.15) is 37.3 Å². The van der Waals surface area contributed by atoms with Gasteiger partial charge in [0.25, 0.3) is 0 Å². The summed E-state index contributed by atoms with van der Waals surface area (Å²) in [5.41, 5.74) is 7.41. The van der Waals surface area contributed by atoms with Crippen LogP contribution in [0.25, 0.3) is 0 Å². The first-order chi connectivity index (χ1) is 8.70. The van der Waals surface area contributed by atoms with Gasteiger partial charge in [0.15, 0.2) is 0 Å². The van der Waals surface area contributed by atoms with Crippen LogP contribution in [0.5, 0.6) is 5.75 Å². The lowest BCUT2D eigenvalue weighted by Gasteiger charge is -2.27. The van der Waals surface area contributed by atoms with Crippen molar-refractivity contribution < 1.29 is 4.74 Å². The summed E-state index contributed by atoms with van der Waals surface area (Å²) in [6.45, 7) is 1.12. The van der Waals surface area contributed by atoms with Crippen molar-refractivity contribution in [2.75, 3.05) is 13.7 Å². The van der Waals surface area contributed by atoms with Gasteiger partial charge in [0, 0.05) is 22.1 Å². The van der Waals surface area contributed by atoms with Gasteiger partial charge in [-0.3, -0.25) is 0 Å². The minimum Gasteiger partial charge on any atom is -0.496 e. The molecule has 1 fully saturated rings. The smallest absolute Gasteiger partial charge is 0.123 e. The maximum Gasteiger partial charge on any atom is 0.123 e. The SMILES string of the molecule is COc1ccc(Br)cc1C(N)CC1CCCCN1. The Hall–Kier alpha value is -0.580. The number of hydrogen-bond donors (Lipinski definition) is 2. The molecule has 1 aliphatic heterocycles. The van der Waals surface area contributed by atoms with Gasteiger partial charge in [-0.25, -0.2) is 0 Å². The fourth-order valence-electron chi connectivity index (χ4n) is 2.55. The fraction of sp³-hybridized carbons (Fsp3) is 0.571. The van der Waals surface area contributed by atoms with Crippen molar-refractivity contribution in [2.45, 2.75) is 37.8 Å². The van der Waals surface area contributed by atoms with Crippen molar-refractivity contribution in [3.8, 4) is 5.75 Å². The first-order valence-electron chi connectivity index (χ1n) is 6.53. The monoisotopic (exact) mass is 312 g/mol. The highest BCUT2D eigenvalue weighted by atomic mass is 79.9. The fourth-order valence-corrected chi connectivity index (χ4v) is 2.93. The van der Waals surface area contributed by atoms with Gasteiger partial charge in [-0.05, 0) is 44.0 Å². The maximum atomic E-state index is 6.33. The second-order valence-corrected chi connectivity index (χ2v) is 5.79. The zero-order chi connectivity index (χ0) is 13.0. The molecule has 0 aliphatic carbocycles. The molecule has 1 aliphatic rings. The van der Waals surface area contributed by atoms with E-state index in [1.807, 2.05) is 12.1 Å². The number of halogens is 1. The van der Waals surface area contributed by atoms with Crippen LogP contribution >= 0.6 is 15.9 Å². The van der Waals surface area contributed by atoms with E-state index in [1.54, 1.807) is 7.11 Å². The Morgan fingerprint density at radius 3 is 3.00 bits per heavy atom. The molecule has 3 N–H and O–H groups in total. The number of nitrogens with two attached hydrogens (primary N) is 1. The van der Waals surface area contributed by atoms with Crippen molar-refractivity contribution >= 4 is 15.9 Å². The minimum absolute atomic E-state index is 0.0213. The van der Waals surface area contributed by atoms with Crippen LogP contribution in [0.4, 0.5) is 0 Å². The van der Waals surface area contributed by atoms with Crippen molar-refractivity contribution in [1.82, 2.24) is 5.32 Å². The molecular weight excluding hydrogens is 292 g/mol. The standard InChI is InChI=1S/C14H21BrN2O/c1-18-14-6-5-10(15)8-12(14)13(16)9-11-4-2-3-7-17-11/h5-6,8,11,13,17H,2-4,7,9,16H2,1H3. The van der Waals surface area contributed by atoms with E-state index in [4.69, 9.17) is 10.5 Å². The molecule has 4 heteroatoms. The molecule has 1 aromatic carbocycles. The summed E-state index contributed by atoms with van der Waals surface area (Å²) < 4.78 is 6.44. The Bertz CT molecular complexity index is 391. The molecule has 0 saturated carbocycles. The van der Waals surface area contributed by atoms with E-state index in [2.05, 4.69) is 27.3 Å². The number of ether oxygens (including phenoxy) is 1. The quantitative estimate of drug-likeness (QED) is 0.898. The third-order valence-corrected chi connectivity index (χ3v) is 4.04. The van der Waals surface area contributed by atoms with E-state index in [9.17, 15) is 0 Å². The predicted octanol–water partition coefficient (Wildman–Crippen LogP) is 2.99. The van der Waals surface area contributed by atoms with Crippen LogP contribution in [-0.4, -0.2) is 19.7 Å². The van der Waals surface area contributed by atoms with Gasteiger partial charge < -0.3 is 15.8 Å². The summed E-state index contributed by atoms with van der Waals surface area (Å²) in [5.74, 6) is 0.876. The van der Waals surface area contributed by atoms with Crippen LogP contribution in [-0.2, 0) is 0 Å². The van der Waals surface area contributed by atoms with E-state index in [0.29, 0.717) is 6.04 Å². The molecule has 18 heavy (non-hydrogen) atoms. The average Bonchev–Trinajstić information content (AvgIpc) is 2.40. The van der Waals surface area contributed by atoms with Gasteiger partial charge in [-0.1, -0.05) is 22.4 Å². The molecule has 2 unspecified atom stereocenters. The lowest BCUT2D eigenvalue weighted by atomic mass is 9.94. The van der Waals surface area contributed by atoms with Gasteiger partial charge in [0.1, 0.15) is 5.75 Å². The normalized spacial score (nSPS) is 21.6. The number of piperidine rings is 1. The molecule has 0 amide bonds. The van der Waals surface area contributed by atoms with E-state index >= 15 is 0 Å². The largest absolute Gasteiger partial charge is 0.496 e. The van der Waals surface area contributed by atoms with Crippen molar-refractivity contribution in [3.63, 3.8) is 0 Å². The Labute approximate surface area is 117 Å². The number of hydrogen-bond acceptors (Lipinski definition) is 3. The van der Waals surface area contributed by atoms with Crippen LogP contribution < -0.4 is 15.8 Å². The Morgan fingerprint density at radius 2 is 2.33 bits per heavy atom. The molecule has 0 aromatic heterocycles. The number of methoxy groups -OCH3 is 1. The average molecular weight is 313 g/mol. The Morgan fingerprint density at radius 1 is 1.50 bits per heavy atom. The van der Waals surface area contributed by atoms with E-state index in [1.165, 1.54) is 19.3 Å². The third kappa shape index (κ3) is 3.46. The summed E-state index contributed by atoms with van der Waals surface area (Å²) >= 11 is 3.49. The van der Waals surface area contributed by atoms with Crippen molar-refractivity contribution in [3.05, 3.63) is 28.2 Å². The van der Waals surface area contributed by atoms with Crippen LogP contribution in [0.3, 0.4) is 0 Å². The van der Waals surface area contributed by atoms with Crippen molar-refractivity contribution in [2.24, 2.45) is 5.73 Å². The zero-order valence-corrected chi connectivity index (χ0v) is 12.4.